The number of hydrazone groups is 1. The standard InChI is InChI=1S/C13H11N3O5S/c17-12-5-1-10(2-6-12)9-14-15-22(20,21)13-7-3-11(4-8-13)16(18)19/h1-9,15,17H/b14-9-. The van der Waals surface area contributed by atoms with Crippen molar-refractivity contribution in [2.24, 2.45) is 5.10 Å². The molecule has 0 fully saturated rings. The lowest BCUT2D eigenvalue weighted by atomic mass is 10.2. The Labute approximate surface area is 125 Å². The average Bonchev–Trinajstić information content (AvgIpc) is 2.49. The first-order chi connectivity index (χ1) is 10.4. The molecular formula is C13H11N3O5S. The quantitative estimate of drug-likeness (QED) is 0.492. The number of hydrogen-bond donors (Lipinski definition) is 2. The van der Waals surface area contributed by atoms with Gasteiger partial charge in [-0.2, -0.15) is 13.5 Å². The summed E-state index contributed by atoms with van der Waals surface area (Å²) in [5, 5.41) is 23.2. The summed E-state index contributed by atoms with van der Waals surface area (Å²) in [7, 11) is -3.90. The molecule has 0 spiro atoms. The largest absolute Gasteiger partial charge is 0.508 e. The van der Waals surface area contributed by atoms with E-state index >= 15 is 0 Å². The number of benzene rings is 2. The normalized spacial score (nSPS) is 11.5. The van der Waals surface area contributed by atoms with Gasteiger partial charge in [0.05, 0.1) is 16.0 Å². The maximum absolute atomic E-state index is 11.9. The minimum absolute atomic E-state index is 0.0867. The third-order valence-electron chi connectivity index (χ3n) is 2.64. The molecule has 0 saturated heterocycles. The Balaban J connectivity index is 2.10. The highest BCUT2D eigenvalue weighted by molar-refractivity contribution is 7.89. The summed E-state index contributed by atoms with van der Waals surface area (Å²) in [6.07, 6.45) is 1.27. The molecule has 0 amide bonds. The number of phenolic OH excluding ortho intramolecular Hbond substituents is 1. The average molecular weight is 321 g/mol. The van der Waals surface area contributed by atoms with Gasteiger partial charge in [0.1, 0.15) is 5.75 Å². The number of aromatic hydroxyl groups is 1. The molecule has 0 aromatic heterocycles. The number of sulfonamides is 1. The Bertz CT molecular complexity index is 799. The monoisotopic (exact) mass is 321 g/mol. The summed E-state index contributed by atoms with van der Waals surface area (Å²) in [6.45, 7) is 0. The molecule has 22 heavy (non-hydrogen) atoms. The first-order valence-electron chi connectivity index (χ1n) is 5.97. The third-order valence-corrected chi connectivity index (χ3v) is 3.88. The van der Waals surface area contributed by atoms with Crippen LogP contribution in [-0.2, 0) is 10.0 Å². The van der Waals surface area contributed by atoms with Crippen LogP contribution in [0.25, 0.3) is 0 Å². The molecule has 2 aromatic rings. The zero-order chi connectivity index (χ0) is 16.2. The lowest BCUT2D eigenvalue weighted by Gasteiger charge is -2.02. The van der Waals surface area contributed by atoms with Gasteiger partial charge >= 0.3 is 0 Å². The van der Waals surface area contributed by atoms with Crippen molar-refractivity contribution in [3.8, 4) is 5.75 Å². The molecule has 8 nitrogen and oxygen atoms in total. The van der Waals surface area contributed by atoms with E-state index in [4.69, 9.17) is 5.11 Å². The molecule has 0 aliphatic rings. The van der Waals surface area contributed by atoms with E-state index in [-0.39, 0.29) is 16.3 Å². The molecule has 114 valence electrons. The molecule has 0 saturated carbocycles. The molecule has 0 unspecified atom stereocenters. The molecule has 2 rings (SSSR count). The fourth-order valence-electron chi connectivity index (χ4n) is 1.53. The minimum atomic E-state index is -3.90. The summed E-state index contributed by atoms with van der Waals surface area (Å²) >= 11 is 0. The van der Waals surface area contributed by atoms with E-state index in [1.54, 1.807) is 12.1 Å². The number of nitro benzene ring substituents is 1. The van der Waals surface area contributed by atoms with Crippen molar-refractivity contribution in [2.75, 3.05) is 0 Å². The van der Waals surface area contributed by atoms with Crippen molar-refractivity contribution < 1.29 is 18.4 Å². The Morgan fingerprint density at radius 2 is 1.68 bits per heavy atom. The van der Waals surface area contributed by atoms with Crippen LogP contribution in [-0.4, -0.2) is 24.7 Å². The zero-order valence-electron chi connectivity index (χ0n) is 11.1. The van der Waals surface area contributed by atoms with Gasteiger partial charge in [0.15, 0.2) is 0 Å². The molecule has 0 atom stereocenters. The van der Waals surface area contributed by atoms with Crippen LogP contribution in [0.3, 0.4) is 0 Å². The number of nitrogens with one attached hydrogen (secondary N) is 1. The topological polar surface area (TPSA) is 122 Å². The highest BCUT2D eigenvalue weighted by atomic mass is 32.2. The van der Waals surface area contributed by atoms with Gasteiger partial charge < -0.3 is 5.11 Å². The number of non-ortho nitro benzene ring substituents is 1. The second kappa shape index (κ2) is 6.22. The van der Waals surface area contributed by atoms with Gasteiger partial charge in [-0.1, -0.05) is 0 Å². The molecule has 9 heteroatoms. The molecule has 2 N–H and O–H groups in total. The van der Waals surface area contributed by atoms with Gasteiger partial charge in [-0.05, 0) is 42.0 Å². The minimum Gasteiger partial charge on any atom is -0.508 e. The fraction of sp³-hybridized carbons (Fsp3) is 0. The molecule has 0 heterocycles. The van der Waals surface area contributed by atoms with E-state index in [1.807, 2.05) is 4.83 Å². The predicted octanol–water partition coefficient (Wildman–Crippen LogP) is 1.61. The van der Waals surface area contributed by atoms with Crippen LogP contribution in [0, 0.1) is 10.1 Å². The van der Waals surface area contributed by atoms with Gasteiger partial charge in [0.2, 0.25) is 0 Å². The molecular weight excluding hydrogens is 310 g/mol. The molecule has 0 radical (unpaired) electrons. The van der Waals surface area contributed by atoms with Crippen molar-refractivity contribution in [3.05, 3.63) is 64.2 Å². The maximum atomic E-state index is 11.9. The van der Waals surface area contributed by atoms with Crippen LogP contribution >= 0.6 is 0 Å². The van der Waals surface area contributed by atoms with Crippen molar-refractivity contribution in [3.63, 3.8) is 0 Å². The first kappa shape index (κ1) is 15.4. The first-order valence-corrected chi connectivity index (χ1v) is 7.45. The summed E-state index contributed by atoms with van der Waals surface area (Å²) in [6, 6.07) is 10.4. The summed E-state index contributed by atoms with van der Waals surface area (Å²) in [5.41, 5.74) is 0.385. The Morgan fingerprint density at radius 1 is 1.09 bits per heavy atom. The van der Waals surface area contributed by atoms with E-state index in [0.717, 1.165) is 24.3 Å². The second-order valence-electron chi connectivity index (χ2n) is 4.20. The van der Waals surface area contributed by atoms with E-state index in [0.29, 0.717) is 5.56 Å². The lowest BCUT2D eigenvalue weighted by Crippen LogP contribution is -2.18. The number of nitro groups is 1. The van der Waals surface area contributed by atoms with Crippen LogP contribution in [0.5, 0.6) is 5.75 Å². The SMILES string of the molecule is O=[N+]([O-])c1ccc(S(=O)(=O)N/N=C\c2ccc(O)cc2)cc1. The molecule has 2 aromatic carbocycles. The summed E-state index contributed by atoms with van der Waals surface area (Å²) < 4.78 is 23.8. The number of phenols is 1. The number of nitrogens with zero attached hydrogens (tertiary/aromatic N) is 2. The van der Waals surface area contributed by atoms with Crippen molar-refractivity contribution in [1.29, 1.82) is 0 Å². The second-order valence-corrected chi connectivity index (χ2v) is 5.86. The van der Waals surface area contributed by atoms with Gasteiger partial charge in [-0.3, -0.25) is 10.1 Å². The van der Waals surface area contributed by atoms with E-state index < -0.39 is 14.9 Å². The van der Waals surface area contributed by atoms with Gasteiger partial charge in [0, 0.05) is 12.1 Å². The van der Waals surface area contributed by atoms with Crippen LogP contribution in [0.1, 0.15) is 5.56 Å². The third kappa shape index (κ3) is 3.79. The summed E-state index contributed by atoms with van der Waals surface area (Å²) in [5.74, 6) is 0.0867. The van der Waals surface area contributed by atoms with Crippen LogP contribution < -0.4 is 4.83 Å². The fourth-order valence-corrected chi connectivity index (χ4v) is 2.32. The Kier molecular flexibility index (Phi) is 4.37. The summed E-state index contributed by atoms with van der Waals surface area (Å²) in [4.78, 5) is 11.8. The van der Waals surface area contributed by atoms with Crippen LogP contribution in [0.4, 0.5) is 5.69 Å². The zero-order valence-corrected chi connectivity index (χ0v) is 11.9. The molecule has 0 bridgehead atoms. The smallest absolute Gasteiger partial charge is 0.276 e. The van der Waals surface area contributed by atoms with Crippen molar-refractivity contribution in [2.45, 2.75) is 4.90 Å². The highest BCUT2D eigenvalue weighted by Crippen LogP contribution is 2.15. The van der Waals surface area contributed by atoms with E-state index in [9.17, 15) is 18.5 Å². The number of hydrogen-bond acceptors (Lipinski definition) is 6. The van der Waals surface area contributed by atoms with Crippen LogP contribution in [0.2, 0.25) is 0 Å². The predicted molar refractivity (Wildman–Crippen MR) is 79.1 cm³/mol. The van der Waals surface area contributed by atoms with Crippen LogP contribution in [0.15, 0.2) is 58.5 Å². The lowest BCUT2D eigenvalue weighted by molar-refractivity contribution is -0.384. The number of rotatable bonds is 5. The molecule has 0 aliphatic carbocycles. The maximum Gasteiger partial charge on any atom is 0.276 e. The van der Waals surface area contributed by atoms with Gasteiger partial charge in [-0.25, -0.2) is 4.83 Å². The highest BCUT2D eigenvalue weighted by Gasteiger charge is 2.14. The molecule has 0 aliphatic heterocycles. The van der Waals surface area contributed by atoms with Gasteiger partial charge in [-0.15, -0.1) is 0 Å². The van der Waals surface area contributed by atoms with Gasteiger partial charge in [0.25, 0.3) is 15.7 Å². The van der Waals surface area contributed by atoms with Crippen molar-refractivity contribution >= 4 is 21.9 Å². The van der Waals surface area contributed by atoms with E-state index in [2.05, 4.69) is 5.10 Å². The van der Waals surface area contributed by atoms with E-state index in [1.165, 1.54) is 18.3 Å². The Hall–Kier alpha value is -2.94. The van der Waals surface area contributed by atoms with Crippen molar-refractivity contribution in [1.82, 2.24) is 4.83 Å². The Morgan fingerprint density at radius 3 is 2.23 bits per heavy atom.